The van der Waals surface area contributed by atoms with Gasteiger partial charge in [-0.05, 0) is 12.8 Å². The molecular formula is C11H19N3O2S. The summed E-state index contributed by atoms with van der Waals surface area (Å²) < 4.78 is 2.09. The van der Waals surface area contributed by atoms with Crippen LogP contribution in [0.15, 0.2) is 5.16 Å². The van der Waals surface area contributed by atoms with Crippen molar-refractivity contribution in [2.24, 2.45) is 0 Å². The molecule has 1 rings (SSSR count). The molecule has 0 aromatic carbocycles. The first-order chi connectivity index (χ1) is 8.13. The van der Waals surface area contributed by atoms with Crippen LogP contribution in [0.5, 0.6) is 0 Å². The highest BCUT2D eigenvalue weighted by Crippen LogP contribution is 2.25. The number of nitrogens with zero attached hydrogens (tertiary/aromatic N) is 3. The fourth-order valence-corrected chi connectivity index (χ4v) is 2.54. The predicted octanol–water partition coefficient (Wildman–Crippen LogP) is 2.38. The van der Waals surface area contributed by atoms with Crippen LogP contribution < -0.4 is 0 Å². The molecule has 5 nitrogen and oxygen atoms in total. The Labute approximate surface area is 106 Å². The molecule has 0 amide bonds. The van der Waals surface area contributed by atoms with Crippen LogP contribution in [-0.4, -0.2) is 31.6 Å². The second-order valence-corrected chi connectivity index (χ2v) is 4.72. The monoisotopic (exact) mass is 257 g/mol. The van der Waals surface area contributed by atoms with Crippen LogP contribution in [0.2, 0.25) is 0 Å². The molecule has 1 aromatic heterocycles. The summed E-state index contributed by atoms with van der Waals surface area (Å²) in [6.45, 7) is 6.28. The summed E-state index contributed by atoms with van der Waals surface area (Å²) in [7, 11) is 0. The lowest BCUT2D eigenvalue weighted by molar-refractivity contribution is -0.133. The number of hydrogen-bond donors (Lipinski definition) is 1. The van der Waals surface area contributed by atoms with Crippen LogP contribution in [0, 0.1) is 0 Å². The van der Waals surface area contributed by atoms with Crippen LogP contribution in [0.25, 0.3) is 0 Å². The van der Waals surface area contributed by atoms with E-state index in [0.29, 0.717) is 6.04 Å². The second kappa shape index (κ2) is 6.64. The number of thioether (sulfide) groups is 1. The Morgan fingerprint density at radius 2 is 2.00 bits per heavy atom. The molecule has 0 saturated carbocycles. The molecule has 0 aliphatic heterocycles. The number of rotatable bonds is 7. The van der Waals surface area contributed by atoms with Gasteiger partial charge in [0.1, 0.15) is 5.82 Å². The lowest BCUT2D eigenvalue weighted by atomic mass is 10.1. The Morgan fingerprint density at radius 3 is 2.47 bits per heavy atom. The summed E-state index contributed by atoms with van der Waals surface area (Å²) in [5, 5.41) is 17.6. The van der Waals surface area contributed by atoms with Gasteiger partial charge in [0.2, 0.25) is 0 Å². The highest BCUT2D eigenvalue weighted by Gasteiger charge is 2.18. The second-order valence-electron chi connectivity index (χ2n) is 3.78. The van der Waals surface area contributed by atoms with Gasteiger partial charge in [-0.25, -0.2) is 0 Å². The number of carbonyl (C=O) groups is 1. The Morgan fingerprint density at radius 1 is 1.35 bits per heavy atom. The average Bonchev–Trinajstić information content (AvgIpc) is 2.71. The van der Waals surface area contributed by atoms with E-state index in [0.717, 1.165) is 30.2 Å². The molecule has 1 heterocycles. The zero-order valence-corrected chi connectivity index (χ0v) is 11.3. The standard InChI is InChI=1S/C11H19N3O2S/c1-4-8(5-2)14-9(6-3)12-13-11(14)17-7-10(15)16/h8H,4-7H2,1-3H3,(H,15,16). The van der Waals surface area contributed by atoms with Crippen LogP contribution in [0.4, 0.5) is 0 Å². The molecular weight excluding hydrogens is 238 g/mol. The van der Waals surface area contributed by atoms with Gasteiger partial charge >= 0.3 is 5.97 Å². The van der Waals surface area contributed by atoms with E-state index in [2.05, 4.69) is 28.6 Å². The summed E-state index contributed by atoms with van der Waals surface area (Å²) in [5.74, 6) is 0.140. The van der Waals surface area contributed by atoms with Gasteiger partial charge in [0.25, 0.3) is 0 Å². The van der Waals surface area contributed by atoms with E-state index in [-0.39, 0.29) is 5.75 Å². The van der Waals surface area contributed by atoms with Gasteiger partial charge in [-0.3, -0.25) is 4.79 Å². The smallest absolute Gasteiger partial charge is 0.313 e. The normalized spacial score (nSPS) is 11.1. The van der Waals surface area contributed by atoms with Gasteiger partial charge in [-0.2, -0.15) is 0 Å². The maximum absolute atomic E-state index is 10.6. The summed E-state index contributed by atoms with van der Waals surface area (Å²) in [4.78, 5) is 10.6. The highest BCUT2D eigenvalue weighted by atomic mass is 32.2. The van der Waals surface area contributed by atoms with E-state index in [1.165, 1.54) is 11.8 Å². The number of carboxylic acid groups (broad SMARTS) is 1. The largest absolute Gasteiger partial charge is 0.481 e. The molecule has 17 heavy (non-hydrogen) atoms. The minimum absolute atomic E-state index is 0.0298. The van der Waals surface area contributed by atoms with E-state index in [4.69, 9.17) is 5.11 Å². The third kappa shape index (κ3) is 3.46. The third-order valence-corrected chi connectivity index (χ3v) is 3.61. The van der Waals surface area contributed by atoms with E-state index in [9.17, 15) is 4.79 Å². The van der Waals surface area contributed by atoms with Gasteiger partial charge in [0.05, 0.1) is 5.75 Å². The summed E-state index contributed by atoms with van der Waals surface area (Å²) in [5.41, 5.74) is 0. The summed E-state index contributed by atoms with van der Waals surface area (Å²) in [6.07, 6.45) is 2.82. The van der Waals surface area contributed by atoms with Crippen LogP contribution >= 0.6 is 11.8 Å². The Hall–Kier alpha value is -1.04. The van der Waals surface area contributed by atoms with Crippen molar-refractivity contribution in [3.8, 4) is 0 Å². The predicted molar refractivity (Wildman–Crippen MR) is 67.4 cm³/mol. The molecule has 0 unspecified atom stereocenters. The number of aliphatic carboxylic acids is 1. The van der Waals surface area contributed by atoms with Gasteiger partial charge in [0.15, 0.2) is 5.16 Å². The maximum Gasteiger partial charge on any atom is 0.313 e. The Balaban J connectivity index is 2.96. The van der Waals surface area contributed by atoms with Gasteiger partial charge < -0.3 is 9.67 Å². The van der Waals surface area contributed by atoms with Crippen molar-refractivity contribution >= 4 is 17.7 Å². The number of carboxylic acids is 1. The highest BCUT2D eigenvalue weighted by molar-refractivity contribution is 7.99. The number of hydrogen-bond acceptors (Lipinski definition) is 4. The van der Waals surface area contributed by atoms with Gasteiger partial charge in [-0.1, -0.05) is 32.5 Å². The first-order valence-electron chi connectivity index (χ1n) is 5.92. The molecule has 0 bridgehead atoms. The molecule has 0 aliphatic carbocycles. The minimum Gasteiger partial charge on any atom is -0.481 e. The van der Waals surface area contributed by atoms with Gasteiger partial charge in [-0.15, -0.1) is 10.2 Å². The first-order valence-corrected chi connectivity index (χ1v) is 6.90. The van der Waals surface area contributed by atoms with E-state index >= 15 is 0 Å². The summed E-state index contributed by atoms with van der Waals surface area (Å²) in [6, 6.07) is 0.358. The molecule has 1 aromatic rings. The lowest BCUT2D eigenvalue weighted by Gasteiger charge is -2.18. The van der Waals surface area contributed by atoms with Crippen molar-refractivity contribution in [3.05, 3.63) is 5.82 Å². The van der Waals surface area contributed by atoms with Crippen LogP contribution in [0.3, 0.4) is 0 Å². The molecule has 1 N–H and O–H groups in total. The van der Waals surface area contributed by atoms with Crippen molar-refractivity contribution in [2.75, 3.05) is 5.75 Å². The molecule has 0 aliphatic rings. The number of aryl methyl sites for hydroxylation is 1. The third-order valence-electron chi connectivity index (χ3n) is 2.68. The van der Waals surface area contributed by atoms with Gasteiger partial charge in [0, 0.05) is 12.5 Å². The average molecular weight is 257 g/mol. The molecule has 0 saturated heterocycles. The molecule has 0 atom stereocenters. The quantitative estimate of drug-likeness (QED) is 0.759. The van der Waals surface area contributed by atoms with Crippen molar-refractivity contribution in [2.45, 2.75) is 51.2 Å². The van der Waals surface area contributed by atoms with E-state index in [1.54, 1.807) is 0 Å². The Bertz CT molecular complexity index is 375. The summed E-state index contributed by atoms with van der Waals surface area (Å²) >= 11 is 1.24. The SMILES string of the molecule is CCc1nnc(SCC(=O)O)n1C(CC)CC. The van der Waals surface area contributed by atoms with Crippen molar-refractivity contribution < 1.29 is 9.90 Å². The zero-order valence-electron chi connectivity index (χ0n) is 10.5. The van der Waals surface area contributed by atoms with Crippen LogP contribution in [0.1, 0.15) is 45.5 Å². The first kappa shape index (κ1) is 14.0. The topological polar surface area (TPSA) is 68.0 Å². The van der Waals surface area contributed by atoms with Crippen molar-refractivity contribution in [1.29, 1.82) is 0 Å². The van der Waals surface area contributed by atoms with E-state index < -0.39 is 5.97 Å². The number of aromatic nitrogens is 3. The molecule has 0 radical (unpaired) electrons. The Kier molecular flexibility index (Phi) is 5.47. The minimum atomic E-state index is -0.827. The molecule has 6 heteroatoms. The van der Waals surface area contributed by atoms with Crippen molar-refractivity contribution in [1.82, 2.24) is 14.8 Å². The molecule has 96 valence electrons. The van der Waals surface area contributed by atoms with Crippen molar-refractivity contribution in [3.63, 3.8) is 0 Å². The van der Waals surface area contributed by atoms with E-state index in [1.807, 2.05) is 6.92 Å². The fraction of sp³-hybridized carbons (Fsp3) is 0.727. The maximum atomic E-state index is 10.6. The lowest BCUT2D eigenvalue weighted by Crippen LogP contribution is -2.12. The van der Waals surface area contributed by atoms with Crippen LogP contribution in [-0.2, 0) is 11.2 Å². The molecule has 0 spiro atoms. The fourth-order valence-electron chi connectivity index (χ4n) is 1.79. The molecule has 0 fully saturated rings. The zero-order chi connectivity index (χ0) is 12.8.